The van der Waals surface area contributed by atoms with Crippen molar-refractivity contribution in [2.24, 2.45) is 0 Å². The van der Waals surface area contributed by atoms with Gasteiger partial charge in [-0.05, 0) is 39.5 Å². The van der Waals surface area contributed by atoms with Gasteiger partial charge in [-0.15, -0.1) is 0 Å². The van der Waals surface area contributed by atoms with E-state index in [0.29, 0.717) is 6.04 Å². The van der Waals surface area contributed by atoms with E-state index in [9.17, 15) is 0 Å². The van der Waals surface area contributed by atoms with Crippen molar-refractivity contribution in [3.63, 3.8) is 0 Å². The summed E-state index contributed by atoms with van der Waals surface area (Å²) in [6, 6.07) is 0.651. The zero-order chi connectivity index (χ0) is 11.0. The minimum atomic E-state index is 0.00461. The molecule has 14 heavy (non-hydrogen) atoms. The van der Waals surface area contributed by atoms with Gasteiger partial charge in [0.15, 0.2) is 0 Å². The van der Waals surface area contributed by atoms with E-state index >= 15 is 0 Å². The third-order valence-electron chi connectivity index (χ3n) is 2.57. The molecule has 0 heterocycles. The third-order valence-corrected chi connectivity index (χ3v) is 3.31. The van der Waals surface area contributed by atoms with E-state index in [1.165, 1.54) is 12.2 Å². The number of rotatable bonds is 8. The predicted molar refractivity (Wildman–Crippen MR) is 66.2 cm³/mol. The summed E-state index contributed by atoms with van der Waals surface area (Å²) in [6.45, 7) is 7.53. The topological polar surface area (TPSA) is 21.3 Å². The second-order valence-electron chi connectivity index (χ2n) is 4.23. The fourth-order valence-corrected chi connectivity index (χ4v) is 1.96. The molecule has 0 aromatic heterocycles. The van der Waals surface area contributed by atoms with E-state index in [4.69, 9.17) is 4.74 Å². The van der Waals surface area contributed by atoms with Gasteiger partial charge in [0.1, 0.15) is 0 Å². The van der Waals surface area contributed by atoms with Crippen molar-refractivity contribution < 1.29 is 4.74 Å². The second kappa shape index (κ2) is 7.55. The average molecular weight is 219 g/mol. The first-order valence-corrected chi connectivity index (χ1v) is 6.72. The molecule has 1 atom stereocenters. The summed E-state index contributed by atoms with van der Waals surface area (Å²) in [5, 5.41) is 3.56. The molecule has 0 saturated heterocycles. The van der Waals surface area contributed by atoms with E-state index in [1.54, 1.807) is 7.11 Å². The summed E-state index contributed by atoms with van der Waals surface area (Å²) in [7, 11) is 1.78. The maximum Gasteiger partial charge on any atom is 0.0634 e. The lowest BCUT2D eigenvalue weighted by Crippen LogP contribution is -2.35. The van der Waals surface area contributed by atoms with Crippen molar-refractivity contribution in [1.82, 2.24) is 5.32 Å². The summed E-state index contributed by atoms with van der Waals surface area (Å²) in [4.78, 5) is 0. The van der Waals surface area contributed by atoms with Gasteiger partial charge >= 0.3 is 0 Å². The van der Waals surface area contributed by atoms with Crippen molar-refractivity contribution in [2.75, 3.05) is 25.7 Å². The molecular formula is C11H25NOS. The van der Waals surface area contributed by atoms with Crippen LogP contribution < -0.4 is 5.32 Å². The SMILES string of the molecule is CCC(CSC)NCCC(C)(C)OC. The molecule has 1 N–H and O–H groups in total. The van der Waals surface area contributed by atoms with E-state index in [2.05, 4.69) is 32.3 Å². The van der Waals surface area contributed by atoms with Crippen LogP contribution in [-0.2, 0) is 4.74 Å². The smallest absolute Gasteiger partial charge is 0.0634 e. The Morgan fingerprint density at radius 3 is 2.50 bits per heavy atom. The van der Waals surface area contributed by atoms with Gasteiger partial charge in [0.2, 0.25) is 0 Å². The zero-order valence-corrected chi connectivity index (χ0v) is 11.0. The van der Waals surface area contributed by atoms with Crippen LogP contribution in [0.2, 0.25) is 0 Å². The molecule has 0 aliphatic rings. The van der Waals surface area contributed by atoms with Crippen molar-refractivity contribution in [3.8, 4) is 0 Å². The van der Waals surface area contributed by atoms with Gasteiger partial charge in [-0.2, -0.15) is 11.8 Å². The zero-order valence-electron chi connectivity index (χ0n) is 10.2. The summed E-state index contributed by atoms with van der Waals surface area (Å²) in [5.74, 6) is 1.20. The van der Waals surface area contributed by atoms with Crippen LogP contribution in [0, 0.1) is 0 Å². The molecule has 0 fully saturated rings. The Bertz CT molecular complexity index is 139. The van der Waals surface area contributed by atoms with Crippen molar-refractivity contribution in [2.45, 2.75) is 45.3 Å². The fourth-order valence-electron chi connectivity index (χ4n) is 1.20. The van der Waals surface area contributed by atoms with Gasteiger partial charge in [-0.3, -0.25) is 0 Å². The molecule has 0 aliphatic carbocycles. The molecule has 1 unspecified atom stereocenters. The fraction of sp³-hybridized carbons (Fsp3) is 1.00. The summed E-state index contributed by atoms with van der Waals surface area (Å²) in [5.41, 5.74) is 0.00461. The Hall–Kier alpha value is 0.270. The lowest BCUT2D eigenvalue weighted by Gasteiger charge is -2.24. The van der Waals surface area contributed by atoms with Gasteiger partial charge in [0, 0.05) is 18.9 Å². The summed E-state index contributed by atoms with van der Waals surface area (Å²) >= 11 is 1.90. The van der Waals surface area contributed by atoms with Crippen molar-refractivity contribution in [1.29, 1.82) is 0 Å². The summed E-state index contributed by atoms with van der Waals surface area (Å²) in [6.07, 6.45) is 4.42. The first-order valence-electron chi connectivity index (χ1n) is 5.33. The highest BCUT2D eigenvalue weighted by Crippen LogP contribution is 2.12. The van der Waals surface area contributed by atoms with Crippen LogP contribution in [-0.4, -0.2) is 37.3 Å². The Balaban J connectivity index is 3.60. The molecular weight excluding hydrogens is 194 g/mol. The Kier molecular flexibility index (Phi) is 7.69. The molecule has 86 valence electrons. The number of hydrogen-bond donors (Lipinski definition) is 1. The van der Waals surface area contributed by atoms with Crippen molar-refractivity contribution >= 4 is 11.8 Å². The van der Waals surface area contributed by atoms with Crippen LogP contribution >= 0.6 is 11.8 Å². The average Bonchev–Trinajstić information content (AvgIpc) is 2.16. The van der Waals surface area contributed by atoms with Crippen LogP contribution in [0.15, 0.2) is 0 Å². The first-order chi connectivity index (χ1) is 6.55. The molecule has 0 aliphatic heterocycles. The number of methoxy groups -OCH3 is 1. The number of thioether (sulfide) groups is 1. The van der Waals surface area contributed by atoms with E-state index in [1.807, 2.05) is 11.8 Å². The monoisotopic (exact) mass is 219 g/mol. The van der Waals surface area contributed by atoms with Crippen LogP contribution in [0.25, 0.3) is 0 Å². The van der Waals surface area contributed by atoms with Gasteiger partial charge < -0.3 is 10.1 Å². The van der Waals surface area contributed by atoms with Gasteiger partial charge in [0.25, 0.3) is 0 Å². The largest absolute Gasteiger partial charge is 0.379 e. The van der Waals surface area contributed by atoms with Crippen LogP contribution in [0.1, 0.15) is 33.6 Å². The molecule has 0 radical (unpaired) electrons. The number of hydrogen-bond acceptors (Lipinski definition) is 3. The molecule has 0 saturated carbocycles. The molecule has 0 aromatic carbocycles. The lowest BCUT2D eigenvalue weighted by atomic mass is 10.1. The highest BCUT2D eigenvalue weighted by molar-refractivity contribution is 7.98. The number of nitrogens with one attached hydrogen (secondary N) is 1. The molecule has 2 nitrogen and oxygen atoms in total. The molecule has 0 amide bonds. The van der Waals surface area contributed by atoms with E-state index in [-0.39, 0.29) is 5.60 Å². The van der Waals surface area contributed by atoms with Crippen LogP contribution in [0.5, 0.6) is 0 Å². The predicted octanol–water partition coefficient (Wildman–Crippen LogP) is 2.53. The Morgan fingerprint density at radius 1 is 1.43 bits per heavy atom. The quantitative estimate of drug-likeness (QED) is 0.678. The minimum Gasteiger partial charge on any atom is -0.379 e. The Labute approximate surface area is 93.2 Å². The molecule has 3 heteroatoms. The standard InChI is InChI=1S/C11H25NOS/c1-6-10(9-14-5)12-8-7-11(2,3)13-4/h10,12H,6-9H2,1-5H3. The first kappa shape index (κ1) is 14.3. The molecule has 0 bridgehead atoms. The van der Waals surface area contributed by atoms with Crippen molar-refractivity contribution in [3.05, 3.63) is 0 Å². The van der Waals surface area contributed by atoms with Gasteiger partial charge in [-0.1, -0.05) is 6.92 Å². The number of ether oxygens (including phenoxy) is 1. The van der Waals surface area contributed by atoms with Gasteiger partial charge in [0.05, 0.1) is 5.60 Å². The van der Waals surface area contributed by atoms with E-state index in [0.717, 1.165) is 13.0 Å². The molecule has 0 rings (SSSR count). The molecule has 0 spiro atoms. The second-order valence-corrected chi connectivity index (χ2v) is 5.14. The minimum absolute atomic E-state index is 0.00461. The molecule has 0 aromatic rings. The lowest BCUT2D eigenvalue weighted by molar-refractivity contribution is 0.0154. The maximum absolute atomic E-state index is 5.37. The summed E-state index contributed by atoms with van der Waals surface area (Å²) < 4.78 is 5.37. The van der Waals surface area contributed by atoms with Crippen LogP contribution in [0.4, 0.5) is 0 Å². The van der Waals surface area contributed by atoms with Gasteiger partial charge in [-0.25, -0.2) is 0 Å². The highest BCUT2D eigenvalue weighted by Gasteiger charge is 2.16. The Morgan fingerprint density at radius 2 is 2.07 bits per heavy atom. The van der Waals surface area contributed by atoms with Crippen LogP contribution in [0.3, 0.4) is 0 Å². The van der Waals surface area contributed by atoms with E-state index < -0.39 is 0 Å². The third kappa shape index (κ3) is 6.68. The maximum atomic E-state index is 5.37. The highest BCUT2D eigenvalue weighted by atomic mass is 32.2. The normalized spacial score (nSPS) is 14.4.